The highest BCUT2D eigenvalue weighted by Gasteiger charge is 2.05. The van der Waals surface area contributed by atoms with Crippen LogP contribution in [0, 0.1) is 0 Å². The van der Waals surface area contributed by atoms with E-state index in [1.807, 2.05) is 24.3 Å². The Morgan fingerprint density at radius 3 is 2.88 bits per heavy atom. The largest absolute Gasteiger partial charge is 0.396 e. The Bertz CT molecular complexity index is 487. The van der Waals surface area contributed by atoms with E-state index in [0.717, 1.165) is 21.5 Å². The first-order valence-corrected chi connectivity index (χ1v) is 6.16. The molecule has 16 heavy (non-hydrogen) atoms. The zero-order chi connectivity index (χ0) is 11.4. The van der Waals surface area contributed by atoms with Crippen LogP contribution in [0.15, 0.2) is 35.4 Å². The minimum Gasteiger partial charge on any atom is -0.396 e. The van der Waals surface area contributed by atoms with Crippen LogP contribution in [0.3, 0.4) is 0 Å². The van der Waals surface area contributed by atoms with Gasteiger partial charge in [0, 0.05) is 17.7 Å². The fraction of sp³-hybridized carbons (Fsp3) is 0.250. The van der Waals surface area contributed by atoms with Crippen molar-refractivity contribution in [2.75, 3.05) is 12.4 Å². The van der Waals surface area contributed by atoms with Gasteiger partial charge in [-0.25, -0.2) is 4.98 Å². The van der Waals surface area contributed by atoms with E-state index in [1.165, 1.54) is 0 Å². The summed E-state index contributed by atoms with van der Waals surface area (Å²) in [5, 5.41) is 10.9. The number of fused-ring (bicyclic) bond motifs is 1. The average molecular weight is 234 g/mol. The van der Waals surface area contributed by atoms with Crippen molar-refractivity contribution in [2.24, 2.45) is 5.73 Å². The molecule has 1 aromatic heterocycles. The van der Waals surface area contributed by atoms with Gasteiger partial charge in [0.2, 0.25) is 0 Å². The smallest absolute Gasteiger partial charge is 0.101 e. The lowest BCUT2D eigenvalue weighted by atomic mass is 10.1. The van der Waals surface area contributed by atoms with Crippen LogP contribution in [0.5, 0.6) is 0 Å². The molecule has 0 amide bonds. The van der Waals surface area contributed by atoms with Gasteiger partial charge in [-0.05, 0) is 17.7 Å². The quantitative estimate of drug-likeness (QED) is 0.792. The highest BCUT2D eigenvalue weighted by molar-refractivity contribution is 7.99. The fourth-order valence-corrected chi connectivity index (χ4v) is 2.33. The first-order valence-electron chi connectivity index (χ1n) is 5.17. The van der Waals surface area contributed by atoms with Crippen molar-refractivity contribution >= 4 is 22.7 Å². The molecule has 0 spiro atoms. The van der Waals surface area contributed by atoms with Crippen LogP contribution in [-0.4, -0.2) is 22.5 Å². The number of hydrogen-bond donors (Lipinski definition) is 2. The maximum absolute atomic E-state index is 8.82. The SMILES string of the molecule is NCc1cc2ccccc2nc1SCCO. The number of benzene rings is 1. The molecule has 0 atom stereocenters. The molecule has 3 N–H and O–H groups in total. The first-order chi connectivity index (χ1) is 7.85. The molecular weight excluding hydrogens is 220 g/mol. The molecule has 0 fully saturated rings. The summed E-state index contributed by atoms with van der Waals surface area (Å²) >= 11 is 1.55. The molecule has 0 bridgehead atoms. The third kappa shape index (κ3) is 2.35. The second-order valence-corrected chi connectivity index (χ2v) is 4.51. The third-order valence-electron chi connectivity index (χ3n) is 2.31. The third-order valence-corrected chi connectivity index (χ3v) is 3.33. The zero-order valence-electron chi connectivity index (χ0n) is 8.89. The Hall–Kier alpha value is -1.10. The molecular formula is C12H14N2OS. The molecule has 0 unspecified atom stereocenters. The van der Waals surface area contributed by atoms with Gasteiger partial charge in [-0.1, -0.05) is 18.2 Å². The van der Waals surface area contributed by atoms with Gasteiger partial charge in [-0.15, -0.1) is 11.8 Å². The van der Waals surface area contributed by atoms with Gasteiger partial charge in [0.15, 0.2) is 0 Å². The van der Waals surface area contributed by atoms with Crippen molar-refractivity contribution in [2.45, 2.75) is 11.6 Å². The molecule has 3 nitrogen and oxygen atoms in total. The zero-order valence-corrected chi connectivity index (χ0v) is 9.70. The molecule has 0 aliphatic rings. The van der Waals surface area contributed by atoms with E-state index in [2.05, 4.69) is 11.1 Å². The summed E-state index contributed by atoms with van der Waals surface area (Å²) in [7, 11) is 0. The number of nitrogens with zero attached hydrogens (tertiary/aromatic N) is 1. The number of pyridine rings is 1. The molecule has 1 heterocycles. The molecule has 0 aliphatic carbocycles. The number of aliphatic hydroxyl groups excluding tert-OH is 1. The predicted octanol–water partition coefficient (Wildman–Crippen LogP) is 1.78. The van der Waals surface area contributed by atoms with Gasteiger partial charge < -0.3 is 10.8 Å². The molecule has 4 heteroatoms. The normalized spacial score (nSPS) is 10.9. The van der Waals surface area contributed by atoms with E-state index in [0.29, 0.717) is 12.3 Å². The van der Waals surface area contributed by atoms with Crippen LogP contribution >= 0.6 is 11.8 Å². The van der Waals surface area contributed by atoms with Gasteiger partial charge in [0.05, 0.1) is 12.1 Å². The van der Waals surface area contributed by atoms with Crippen LogP contribution in [0.4, 0.5) is 0 Å². The number of rotatable bonds is 4. The lowest BCUT2D eigenvalue weighted by Crippen LogP contribution is -2.01. The highest BCUT2D eigenvalue weighted by Crippen LogP contribution is 2.24. The minimum atomic E-state index is 0.156. The Kier molecular flexibility index (Phi) is 3.77. The lowest BCUT2D eigenvalue weighted by Gasteiger charge is -2.07. The van der Waals surface area contributed by atoms with E-state index >= 15 is 0 Å². The molecule has 0 saturated heterocycles. The first kappa shape index (κ1) is 11.4. The summed E-state index contributed by atoms with van der Waals surface area (Å²) in [6.07, 6.45) is 0. The van der Waals surface area contributed by atoms with Crippen molar-refractivity contribution in [1.82, 2.24) is 4.98 Å². The molecule has 0 radical (unpaired) electrons. The monoisotopic (exact) mass is 234 g/mol. The average Bonchev–Trinajstić information content (AvgIpc) is 2.35. The number of aliphatic hydroxyl groups is 1. The molecule has 84 valence electrons. The molecule has 0 aliphatic heterocycles. The molecule has 1 aromatic carbocycles. The van der Waals surface area contributed by atoms with E-state index in [4.69, 9.17) is 10.8 Å². The fourth-order valence-electron chi connectivity index (χ4n) is 1.56. The Balaban J connectivity index is 2.45. The van der Waals surface area contributed by atoms with Crippen LogP contribution in [0.1, 0.15) is 5.56 Å². The van der Waals surface area contributed by atoms with Crippen molar-refractivity contribution in [3.63, 3.8) is 0 Å². The maximum atomic E-state index is 8.82. The second kappa shape index (κ2) is 5.30. The summed E-state index contributed by atoms with van der Waals surface area (Å²) in [6.45, 7) is 0.634. The van der Waals surface area contributed by atoms with Gasteiger partial charge in [-0.2, -0.15) is 0 Å². The highest BCUT2D eigenvalue weighted by atomic mass is 32.2. The van der Waals surface area contributed by atoms with Crippen molar-refractivity contribution in [3.05, 3.63) is 35.9 Å². The summed E-state index contributed by atoms with van der Waals surface area (Å²) in [5.41, 5.74) is 7.71. The van der Waals surface area contributed by atoms with Crippen LogP contribution in [0.25, 0.3) is 10.9 Å². The number of aromatic nitrogens is 1. The van der Waals surface area contributed by atoms with E-state index in [9.17, 15) is 0 Å². The standard InChI is InChI=1S/C12H14N2OS/c13-8-10-7-9-3-1-2-4-11(9)14-12(10)16-6-5-15/h1-4,7,15H,5-6,8,13H2. The Morgan fingerprint density at radius 1 is 1.31 bits per heavy atom. The van der Waals surface area contributed by atoms with Crippen LogP contribution < -0.4 is 5.73 Å². The topological polar surface area (TPSA) is 59.1 Å². The summed E-state index contributed by atoms with van der Waals surface area (Å²) in [5.74, 6) is 0.651. The molecule has 0 saturated carbocycles. The van der Waals surface area contributed by atoms with Crippen molar-refractivity contribution in [1.29, 1.82) is 0 Å². The summed E-state index contributed by atoms with van der Waals surface area (Å²) in [6, 6.07) is 10.0. The number of thioether (sulfide) groups is 1. The van der Waals surface area contributed by atoms with Gasteiger partial charge in [0.25, 0.3) is 0 Å². The number of nitrogens with two attached hydrogens (primary N) is 1. The van der Waals surface area contributed by atoms with Gasteiger partial charge >= 0.3 is 0 Å². The molecule has 2 rings (SSSR count). The van der Waals surface area contributed by atoms with E-state index < -0.39 is 0 Å². The lowest BCUT2D eigenvalue weighted by molar-refractivity contribution is 0.322. The Labute approximate surface area is 98.7 Å². The number of hydrogen-bond acceptors (Lipinski definition) is 4. The Morgan fingerprint density at radius 2 is 2.12 bits per heavy atom. The van der Waals surface area contributed by atoms with E-state index in [1.54, 1.807) is 11.8 Å². The van der Waals surface area contributed by atoms with E-state index in [-0.39, 0.29) is 6.61 Å². The summed E-state index contributed by atoms with van der Waals surface area (Å²) < 4.78 is 0. The van der Waals surface area contributed by atoms with Crippen LogP contribution in [-0.2, 0) is 6.54 Å². The number of para-hydroxylation sites is 1. The van der Waals surface area contributed by atoms with Crippen molar-refractivity contribution in [3.8, 4) is 0 Å². The second-order valence-electron chi connectivity index (χ2n) is 3.42. The minimum absolute atomic E-state index is 0.156. The maximum Gasteiger partial charge on any atom is 0.101 e. The van der Waals surface area contributed by atoms with Crippen molar-refractivity contribution < 1.29 is 5.11 Å². The predicted molar refractivity (Wildman–Crippen MR) is 67.4 cm³/mol. The van der Waals surface area contributed by atoms with Gasteiger partial charge in [-0.3, -0.25) is 0 Å². The summed E-state index contributed by atoms with van der Waals surface area (Å²) in [4.78, 5) is 4.56. The molecule has 2 aromatic rings. The van der Waals surface area contributed by atoms with Gasteiger partial charge in [0.1, 0.15) is 5.03 Å². The van der Waals surface area contributed by atoms with Crippen LogP contribution in [0.2, 0.25) is 0 Å².